The molecular formula is C11H13ClN2O3. The lowest BCUT2D eigenvalue weighted by atomic mass is 10.1. The molecule has 0 aliphatic rings. The summed E-state index contributed by atoms with van der Waals surface area (Å²) < 4.78 is 0. The van der Waals surface area contributed by atoms with Gasteiger partial charge in [0.1, 0.15) is 6.04 Å². The molecule has 5 nitrogen and oxygen atoms in total. The van der Waals surface area contributed by atoms with Gasteiger partial charge in [-0.3, -0.25) is 4.79 Å². The molecule has 0 aliphatic carbocycles. The van der Waals surface area contributed by atoms with E-state index in [1.54, 1.807) is 20.0 Å². The minimum Gasteiger partial charge on any atom is -0.480 e. The zero-order chi connectivity index (χ0) is 13.2. The van der Waals surface area contributed by atoms with Crippen LogP contribution in [0.15, 0.2) is 18.2 Å². The number of amides is 1. The molecular weight excluding hydrogens is 244 g/mol. The van der Waals surface area contributed by atoms with Crippen LogP contribution in [0, 0.1) is 0 Å². The Bertz CT molecular complexity index is 462. The highest BCUT2D eigenvalue weighted by Crippen LogP contribution is 2.27. The van der Waals surface area contributed by atoms with Crippen molar-refractivity contribution < 1.29 is 14.7 Å². The number of rotatable bonds is 4. The molecule has 0 saturated heterocycles. The molecule has 1 unspecified atom stereocenters. The van der Waals surface area contributed by atoms with Crippen molar-refractivity contribution in [2.45, 2.75) is 13.0 Å². The molecule has 1 aromatic rings. The zero-order valence-electron chi connectivity index (χ0n) is 9.48. The lowest BCUT2D eigenvalue weighted by Crippen LogP contribution is -2.36. The van der Waals surface area contributed by atoms with Gasteiger partial charge in [0.2, 0.25) is 5.91 Å². The summed E-state index contributed by atoms with van der Waals surface area (Å²) in [6, 6.07) is 3.78. The number of carbonyl (C=O) groups is 2. The van der Waals surface area contributed by atoms with Crippen LogP contribution in [0.3, 0.4) is 0 Å². The van der Waals surface area contributed by atoms with Gasteiger partial charge in [-0.2, -0.15) is 0 Å². The van der Waals surface area contributed by atoms with Gasteiger partial charge in [0, 0.05) is 12.6 Å². The molecule has 0 heterocycles. The maximum atomic E-state index is 10.9. The SMILES string of the molecule is CC(C(=O)O)N(C)c1ccc(C(N)=O)cc1Cl. The molecule has 6 heteroatoms. The van der Waals surface area contributed by atoms with Gasteiger partial charge in [-0.25, -0.2) is 4.79 Å². The fourth-order valence-electron chi connectivity index (χ4n) is 1.32. The molecule has 0 spiro atoms. The van der Waals surface area contributed by atoms with Crippen LogP contribution in [0.2, 0.25) is 5.02 Å². The van der Waals surface area contributed by atoms with E-state index in [1.807, 2.05) is 0 Å². The number of hydrogen-bond acceptors (Lipinski definition) is 3. The van der Waals surface area contributed by atoms with Crippen LogP contribution in [0.1, 0.15) is 17.3 Å². The van der Waals surface area contributed by atoms with Crippen LogP contribution >= 0.6 is 11.6 Å². The summed E-state index contributed by atoms with van der Waals surface area (Å²) in [6.07, 6.45) is 0. The number of primary amides is 1. The minimum absolute atomic E-state index is 0.287. The number of nitrogens with zero attached hydrogens (tertiary/aromatic N) is 1. The van der Waals surface area contributed by atoms with E-state index in [9.17, 15) is 9.59 Å². The van der Waals surface area contributed by atoms with Crippen molar-refractivity contribution in [3.63, 3.8) is 0 Å². The summed E-state index contributed by atoms with van der Waals surface area (Å²) in [6.45, 7) is 1.54. The average molecular weight is 257 g/mol. The third-order valence-electron chi connectivity index (χ3n) is 2.55. The Labute approximate surface area is 104 Å². The third kappa shape index (κ3) is 2.88. The number of carboxylic acid groups (broad SMARTS) is 1. The van der Waals surface area contributed by atoms with E-state index in [-0.39, 0.29) is 10.6 Å². The first-order chi connectivity index (χ1) is 7.84. The van der Waals surface area contributed by atoms with Crippen molar-refractivity contribution in [3.8, 4) is 0 Å². The summed E-state index contributed by atoms with van der Waals surface area (Å²) in [5.74, 6) is -1.53. The summed E-state index contributed by atoms with van der Waals surface area (Å²) in [4.78, 5) is 23.3. The average Bonchev–Trinajstić information content (AvgIpc) is 2.26. The van der Waals surface area contributed by atoms with E-state index >= 15 is 0 Å². The van der Waals surface area contributed by atoms with Crippen LogP contribution in [-0.4, -0.2) is 30.1 Å². The van der Waals surface area contributed by atoms with Crippen molar-refractivity contribution in [3.05, 3.63) is 28.8 Å². The topological polar surface area (TPSA) is 83.6 Å². The van der Waals surface area contributed by atoms with Crippen molar-refractivity contribution in [1.82, 2.24) is 0 Å². The number of halogens is 1. The smallest absolute Gasteiger partial charge is 0.326 e. The van der Waals surface area contributed by atoms with Crippen LogP contribution in [0.4, 0.5) is 5.69 Å². The lowest BCUT2D eigenvalue weighted by molar-refractivity contribution is -0.138. The molecule has 92 valence electrons. The molecule has 3 N–H and O–H groups in total. The Morgan fingerprint density at radius 1 is 1.47 bits per heavy atom. The molecule has 1 rings (SSSR count). The van der Waals surface area contributed by atoms with Gasteiger partial charge in [-0.05, 0) is 25.1 Å². The quantitative estimate of drug-likeness (QED) is 0.852. The molecule has 0 fully saturated rings. The van der Waals surface area contributed by atoms with Crippen molar-refractivity contribution in [2.24, 2.45) is 5.73 Å². The Kier molecular flexibility index (Phi) is 3.96. The molecule has 0 radical (unpaired) electrons. The molecule has 1 atom stereocenters. The number of carboxylic acids is 1. The second-order valence-electron chi connectivity index (χ2n) is 3.66. The summed E-state index contributed by atoms with van der Waals surface area (Å²) >= 11 is 5.97. The van der Waals surface area contributed by atoms with Gasteiger partial charge in [0.15, 0.2) is 0 Å². The Morgan fingerprint density at radius 3 is 2.47 bits per heavy atom. The summed E-state index contributed by atoms with van der Waals surface area (Å²) in [5, 5.41) is 9.18. The molecule has 0 saturated carbocycles. The highest BCUT2D eigenvalue weighted by Gasteiger charge is 2.19. The van der Waals surface area contributed by atoms with Crippen molar-refractivity contribution >= 4 is 29.2 Å². The molecule has 17 heavy (non-hydrogen) atoms. The fourth-order valence-corrected chi connectivity index (χ4v) is 1.63. The normalized spacial score (nSPS) is 11.9. The molecule has 1 aromatic carbocycles. The van der Waals surface area contributed by atoms with E-state index in [0.29, 0.717) is 5.69 Å². The third-order valence-corrected chi connectivity index (χ3v) is 2.85. The number of likely N-dealkylation sites (N-methyl/N-ethyl adjacent to an activating group) is 1. The monoisotopic (exact) mass is 256 g/mol. The number of benzene rings is 1. The van der Waals surface area contributed by atoms with Gasteiger partial charge in [-0.1, -0.05) is 11.6 Å². The minimum atomic E-state index is -0.956. The van der Waals surface area contributed by atoms with Crippen LogP contribution in [0.25, 0.3) is 0 Å². The van der Waals surface area contributed by atoms with Crippen LogP contribution < -0.4 is 10.6 Å². The maximum Gasteiger partial charge on any atom is 0.326 e. The Hall–Kier alpha value is -1.75. The highest BCUT2D eigenvalue weighted by atomic mass is 35.5. The zero-order valence-corrected chi connectivity index (χ0v) is 10.2. The number of carbonyl (C=O) groups excluding carboxylic acids is 1. The Balaban J connectivity index is 3.08. The summed E-state index contributed by atoms with van der Waals surface area (Å²) in [7, 11) is 1.62. The molecule has 0 bridgehead atoms. The van der Waals surface area contributed by atoms with Crippen molar-refractivity contribution in [2.75, 3.05) is 11.9 Å². The van der Waals surface area contributed by atoms with E-state index in [1.165, 1.54) is 17.0 Å². The van der Waals surface area contributed by atoms with Gasteiger partial charge in [0.25, 0.3) is 0 Å². The second-order valence-corrected chi connectivity index (χ2v) is 4.06. The standard InChI is InChI=1S/C11H13ClN2O3/c1-6(11(16)17)14(2)9-4-3-7(10(13)15)5-8(9)12/h3-6H,1-2H3,(H2,13,15)(H,16,17). The number of anilines is 1. The Morgan fingerprint density at radius 2 is 2.06 bits per heavy atom. The fraction of sp³-hybridized carbons (Fsp3) is 0.273. The lowest BCUT2D eigenvalue weighted by Gasteiger charge is -2.24. The molecule has 0 aliphatic heterocycles. The number of hydrogen-bond donors (Lipinski definition) is 2. The maximum absolute atomic E-state index is 10.9. The largest absolute Gasteiger partial charge is 0.480 e. The predicted octanol–water partition coefficient (Wildman–Crippen LogP) is 1.35. The first-order valence-corrected chi connectivity index (χ1v) is 5.27. The highest BCUT2D eigenvalue weighted by molar-refractivity contribution is 6.33. The number of nitrogens with two attached hydrogens (primary N) is 1. The number of aliphatic carboxylic acids is 1. The van der Waals surface area contributed by atoms with E-state index < -0.39 is 17.9 Å². The van der Waals surface area contributed by atoms with E-state index in [0.717, 1.165) is 0 Å². The summed E-state index contributed by atoms with van der Waals surface area (Å²) in [5.41, 5.74) is 5.93. The van der Waals surface area contributed by atoms with E-state index in [4.69, 9.17) is 22.4 Å². The predicted molar refractivity (Wildman–Crippen MR) is 65.5 cm³/mol. The van der Waals surface area contributed by atoms with Gasteiger partial charge < -0.3 is 15.7 Å². The van der Waals surface area contributed by atoms with Crippen molar-refractivity contribution in [1.29, 1.82) is 0 Å². The first-order valence-electron chi connectivity index (χ1n) is 4.89. The van der Waals surface area contributed by atoms with Gasteiger partial charge >= 0.3 is 5.97 Å². The van der Waals surface area contributed by atoms with Gasteiger partial charge in [0.05, 0.1) is 10.7 Å². The molecule has 0 aromatic heterocycles. The van der Waals surface area contributed by atoms with E-state index in [2.05, 4.69) is 0 Å². The van der Waals surface area contributed by atoms with Gasteiger partial charge in [-0.15, -0.1) is 0 Å². The van der Waals surface area contributed by atoms with Crippen LogP contribution in [-0.2, 0) is 4.79 Å². The van der Waals surface area contributed by atoms with Crippen LogP contribution in [0.5, 0.6) is 0 Å². The second kappa shape index (κ2) is 5.05. The molecule has 1 amide bonds. The first kappa shape index (κ1) is 13.3.